The first-order valence-corrected chi connectivity index (χ1v) is 5.08. The average molecular weight is 194 g/mol. The van der Waals surface area contributed by atoms with Crippen LogP contribution in [0.4, 0.5) is 0 Å². The molecule has 0 spiro atoms. The maximum atomic E-state index is 8.93. The van der Waals surface area contributed by atoms with E-state index in [0.29, 0.717) is 5.92 Å². The Labute approximate surface area is 85.5 Å². The van der Waals surface area contributed by atoms with E-state index in [0.717, 1.165) is 24.3 Å². The van der Waals surface area contributed by atoms with Gasteiger partial charge in [0.2, 0.25) is 0 Å². The van der Waals surface area contributed by atoms with Crippen LogP contribution in [0.1, 0.15) is 25.8 Å². The van der Waals surface area contributed by atoms with Gasteiger partial charge in [0.25, 0.3) is 0 Å². The monoisotopic (exact) mass is 194 g/mol. The molecule has 0 aliphatic carbocycles. The largest absolute Gasteiger partial charge is 0.493 e. The van der Waals surface area contributed by atoms with Crippen molar-refractivity contribution < 1.29 is 9.84 Å². The molecule has 0 fully saturated rings. The second-order valence-electron chi connectivity index (χ2n) is 3.63. The number of ether oxygens (including phenoxy) is 1. The van der Waals surface area contributed by atoms with E-state index < -0.39 is 0 Å². The molecule has 1 aromatic rings. The highest BCUT2D eigenvalue weighted by atomic mass is 16.5. The van der Waals surface area contributed by atoms with Gasteiger partial charge in [0.1, 0.15) is 5.75 Å². The fourth-order valence-corrected chi connectivity index (χ4v) is 1.09. The van der Waals surface area contributed by atoms with Gasteiger partial charge < -0.3 is 9.84 Å². The molecule has 1 atom stereocenters. The van der Waals surface area contributed by atoms with Crippen molar-refractivity contribution >= 4 is 0 Å². The normalized spacial score (nSPS) is 12.5. The van der Waals surface area contributed by atoms with Crippen LogP contribution >= 0.6 is 0 Å². The highest BCUT2D eigenvalue weighted by Crippen LogP contribution is 2.14. The van der Waals surface area contributed by atoms with E-state index in [-0.39, 0.29) is 6.61 Å². The summed E-state index contributed by atoms with van der Waals surface area (Å²) in [4.78, 5) is 0. The van der Waals surface area contributed by atoms with Crippen LogP contribution in [0.3, 0.4) is 0 Å². The summed E-state index contributed by atoms with van der Waals surface area (Å²) in [5.74, 6) is 1.42. The molecule has 1 unspecified atom stereocenters. The smallest absolute Gasteiger partial charge is 0.119 e. The molecule has 0 heterocycles. The lowest BCUT2D eigenvalue weighted by molar-refractivity contribution is 0.253. The van der Waals surface area contributed by atoms with Crippen molar-refractivity contribution in [3.05, 3.63) is 29.8 Å². The standard InChI is InChI=1S/C12H18O2/c1-3-10(2)9-14-12-6-4-5-11(7-12)8-13/h4-7,10,13H,3,8-9H2,1-2H3. The third kappa shape index (κ3) is 3.38. The van der Waals surface area contributed by atoms with Crippen LogP contribution < -0.4 is 4.74 Å². The average Bonchev–Trinajstić information content (AvgIpc) is 2.26. The number of rotatable bonds is 5. The predicted octanol–water partition coefficient (Wildman–Crippen LogP) is 2.60. The van der Waals surface area contributed by atoms with Gasteiger partial charge in [0.15, 0.2) is 0 Å². The zero-order chi connectivity index (χ0) is 10.4. The molecule has 1 N–H and O–H groups in total. The number of benzene rings is 1. The zero-order valence-corrected chi connectivity index (χ0v) is 8.86. The Hall–Kier alpha value is -1.02. The molecule has 0 aliphatic rings. The van der Waals surface area contributed by atoms with Crippen molar-refractivity contribution in [2.45, 2.75) is 26.9 Å². The first-order chi connectivity index (χ1) is 6.76. The number of hydrogen-bond donors (Lipinski definition) is 1. The molecule has 14 heavy (non-hydrogen) atoms. The van der Waals surface area contributed by atoms with Gasteiger partial charge in [-0.25, -0.2) is 0 Å². The van der Waals surface area contributed by atoms with Gasteiger partial charge in [0.05, 0.1) is 13.2 Å². The Morgan fingerprint density at radius 2 is 2.21 bits per heavy atom. The molecule has 0 bridgehead atoms. The summed E-state index contributed by atoms with van der Waals surface area (Å²) in [6, 6.07) is 7.58. The van der Waals surface area contributed by atoms with E-state index in [4.69, 9.17) is 9.84 Å². The van der Waals surface area contributed by atoms with Gasteiger partial charge in [-0.1, -0.05) is 32.4 Å². The maximum Gasteiger partial charge on any atom is 0.119 e. The summed E-state index contributed by atoms with van der Waals surface area (Å²) in [5.41, 5.74) is 0.895. The molecule has 2 heteroatoms. The SMILES string of the molecule is CCC(C)COc1cccc(CO)c1. The van der Waals surface area contributed by atoms with Crippen molar-refractivity contribution in [1.29, 1.82) is 0 Å². The Bertz CT molecular complexity index is 271. The maximum absolute atomic E-state index is 8.93. The molecule has 78 valence electrons. The highest BCUT2D eigenvalue weighted by molar-refractivity contribution is 5.27. The molecule has 0 amide bonds. The van der Waals surface area contributed by atoms with Gasteiger partial charge in [-0.2, -0.15) is 0 Å². The van der Waals surface area contributed by atoms with Crippen LogP contribution in [-0.2, 0) is 6.61 Å². The lowest BCUT2D eigenvalue weighted by Gasteiger charge is -2.11. The van der Waals surface area contributed by atoms with Crippen LogP contribution in [0.25, 0.3) is 0 Å². The Morgan fingerprint density at radius 1 is 1.43 bits per heavy atom. The minimum Gasteiger partial charge on any atom is -0.493 e. The quantitative estimate of drug-likeness (QED) is 0.780. The molecule has 0 saturated heterocycles. The van der Waals surface area contributed by atoms with Crippen LogP contribution in [-0.4, -0.2) is 11.7 Å². The molecule has 2 nitrogen and oxygen atoms in total. The lowest BCUT2D eigenvalue weighted by Crippen LogP contribution is -2.07. The van der Waals surface area contributed by atoms with E-state index in [9.17, 15) is 0 Å². The Kier molecular flexibility index (Phi) is 4.47. The summed E-state index contributed by atoms with van der Waals surface area (Å²) in [6.45, 7) is 5.12. The lowest BCUT2D eigenvalue weighted by atomic mass is 10.1. The predicted molar refractivity (Wildman–Crippen MR) is 57.3 cm³/mol. The number of aliphatic hydroxyl groups excluding tert-OH is 1. The first kappa shape index (κ1) is 11.1. The molecule has 0 aliphatic heterocycles. The fourth-order valence-electron chi connectivity index (χ4n) is 1.09. The van der Waals surface area contributed by atoms with E-state index in [1.807, 2.05) is 24.3 Å². The molecule has 0 aromatic heterocycles. The Morgan fingerprint density at radius 3 is 2.86 bits per heavy atom. The van der Waals surface area contributed by atoms with Crippen molar-refractivity contribution in [2.24, 2.45) is 5.92 Å². The minimum absolute atomic E-state index is 0.0700. The number of hydrogen-bond acceptors (Lipinski definition) is 2. The summed E-state index contributed by atoms with van der Waals surface area (Å²) in [6.07, 6.45) is 1.12. The van der Waals surface area contributed by atoms with Gasteiger partial charge >= 0.3 is 0 Å². The third-order valence-corrected chi connectivity index (χ3v) is 2.31. The van der Waals surface area contributed by atoms with Gasteiger partial charge in [0, 0.05) is 0 Å². The second kappa shape index (κ2) is 5.66. The second-order valence-corrected chi connectivity index (χ2v) is 3.63. The van der Waals surface area contributed by atoms with E-state index in [2.05, 4.69) is 13.8 Å². The van der Waals surface area contributed by atoms with Crippen LogP contribution in [0.5, 0.6) is 5.75 Å². The zero-order valence-electron chi connectivity index (χ0n) is 8.86. The minimum atomic E-state index is 0.0700. The van der Waals surface area contributed by atoms with Crippen LogP contribution in [0.2, 0.25) is 0 Å². The van der Waals surface area contributed by atoms with E-state index in [1.165, 1.54) is 0 Å². The van der Waals surface area contributed by atoms with Crippen molar-refractivity contribution in [1.82, 2.24) is 0 Å². The molecule has 1 rings (SSSR count). The summed E-state index contributed by atoms with van der Waals surface area (Å²) in [7, 11) is 0. The van der Waals surface area contributed by atoms with Crippen molar-refractivity contribution in [3.8, 4) is 5.75 Å². The number of aliphatic hydroxyl groups is 1. The summed E-state index contributed by atoms with van der Waals surface area (Å²) < 4.78 is 5.59. The topological polar surface area (TPSA) is 29.5 Å². The first-order valence-electron chi connectivity index (χ1n) is 5.08. The summed E-state index contributed by atoms with van der Waals surface area (Å²) >= 11 is 0. The van der Waals surface area contributed by atoms with E-state index >= 15 is 0 Å². The van der Waals surface area contributed by atoms with Gasteiger partial charge in [-0.3, -0.25) is 0 Å². The molecule has 0 saturated carbocycles. The van der Waals surface area contributed by atoms with Gasteiger partial charge in [-0.15, -0.1) is 0 Å². The molecular formula is C12H18O2. The Balaban J connectivity index is 2.50. The van der Waals surface area contributed by atoms with Crippen molar-refractivity contribution in [3.63, 3.8) is 0 Å². The van der Waals surface area contributed by atoms with Gasteiger partial charge in [-0.05, 0) is 23.6 Å². The van der Waals surface area contributed by atoms with Crippen molar-refractivity contribution in [2.75, 3.05) is 6.61 Å². The van der Waals surface area contributed by atoms with Crippen LogP contribution in [0, 0.1) is 5.92 Å². The van der Waals surface area contributed by atoms with Crippen LogP contribution in [0.15, 0.2) is 24.3 Å². The summed E-state index contributed by atoms with van der Waals surface area (Å²) in [5, 5.41) is 8.93. The third-order valence-electron chi connectivity index (χ3n) is 2.31. The molecule has 1 aromatic carbocycles. The van der Waals surface area contributed by atoms with E-state index in [1.54, 1.807) is 0 Å². The fraction of sp³-hybridized carbons (Fsp3) is 0.500. The molecule has 0 radical (unpaired) electrons. The molecular weight excluding hydrogens is 176 g/mol. The highest BCUT2D eigenvalue weighted by Gasteiger charge is 2.00.